The van der Waals surface area contributed by atoms with Crippen LogP contribution in [0.25, 0.3) is 0 Å². The molecule has 2 saturated heterocycles. The fourth-order valence-corrected chi connectivity index (χ4v) is 8.45. The van der Waals surface area contributed by atoms with Gasteiger partial charge in [0.15, 0.2) is 0 Å². The first-order valence-corrected chi connectivity index (χ1v) is 15.5. The molecule has 2 aliphatic carbocycles. The summed E-state index contributed by atoms with van der Waals surface area (Å²) in [5.74, 6) is 1.35. The van der Waals surface area contributed by atoms with Crippen LogP contribution in [0.5, 0.6) is 0 Å². The first-order chi connectivity index (χ1) is 18.6. The number of hydrogen-bond donors (Lipinski definition) is 0. The molecule has 200 valence electrons. The van der Waals surface area contributed by atoms with Gasteiger partial charge in [0, 0.05) is 43.3 Å². The number of nitrogens with zero attached hydrogens (tertiary/aromatic N) is 4. The highest BCUT2D eigenvalue weighted by atomic mass is 32.1. The summed E-state index contributed by atoms with van der Waals surface area (Å²) in [5.41, 5.74) is 2.57. The zero-order valence-corrected chi connectivity index (χ0v) is 23.1. The lowest BCUT2D eigenvalue weighted by Crippen LogP contribution is -2.37. The van der Waals surface area contributed by atoms with Crippen molar-refractivity contribution in [3.05, 3.63) is 62.0 Å². The van der Waals surface area contributed by atoms with Crippen LogP contribution in [0.2, 0.25) is 0 Å². The molecule has 1 saturated carbocycles. The maximum atomic E-state index is 15.3. The van der Waals surface area contributed by atoms with Crippen LogP contribution in [0.3, 0.4) is 0 Å². The van der Waals surface area contributed by atoms with Crippen LogP contribution in [0.4, 0.5) is 15.8 Å². The van der Waals surface area contributed by atoms with Gasteiger partial charge in [-0.15, -0.1) is 22.7 Å². The van der Waals surface area contributed by atoms with E-state index in [2.05, 4.69) is 4.90 Å². The Kier molecular flexibility index (Phi) is 6.72. The predicted octanol–water partition coefficient (Wildman–Crippen LogP) is 5.08. The van der Waals surface area contributed by atoms with Gasteiger partial charge in [-0.3, -0.25) is 9.69 Å². The van der Waals surface area contributed by atoms with Gasteiger partial charge in [0.2, 0.25) is 0 Å². The molecule has 2 atom stereocenters. The second-order valence-electron chi connectivity index (χ2n) is 11.0. The van der Waals surface area contributed by atoms with Gasteiger partial charge < -0.3 is 14.5 Å². The van der Waals surface area contributed by atoms with Crippen LogP contribution < -0.4 is 9.80 Å². The van der Waals surface area contributed by atoms with Crippen molar-refractivity contribution in [3.63, 3.8) is 0 Å². The molecule has 2 aromatic heterocycles. The molecule has 4 aliphatic rings. The Morgan fingerprint density at radius 1 is 1.13 bits per heavy atom. The Morgan fingerprint density at radius 2 is 1.95 bits per heavy atom. The molecule has 2 unspecified atom stereocenters. The molecule has 0 spiro atoms. The van der Waals surface area contributed by atoms with Gasteiger partial charge in [0.25, 0.3) is 5.91 Å². The van der Waals surface area contributed by atoms with E-state index in [1.807, 2.05) is 50.8 Å². The maximum absolute atomic E-state index is 15.3. The zero-order valence-electron chi connectivity index (χ0n) is 21.5. The fourth-order valence-electron chi connectivity index (χ4n) is 6.58. The van der Waals surface area contributed by atoms with Crippen molar-refractivity contribution in [1.29, 1.82) is 0 Å². The number of likely N-dealkylation sites (tertiary alicyclic amines) is 1. The van der Waals surface area contributed by atoms with Crippen molar-refractivity contribution >= 4 is 40.0 Å². The molecular weight excluding hydrogens is 519 g/mol. The smallest absolute Gasteiger partial charge is 0.268 e. The van der Waals surface area contributed by atoms with Crippen molar-refractivity contribution in [2.45, 2.75) is 32.2 Å². The second-order valence-corrected chi connectivity index (χ2v) is 13.1. The number of amides is 1. The lowest BCUT2D eigenvalue weighted by atomic mass is 10.0. The number of rotatable bonds is 7. The minimum absolute atomic E-state index is 0.0336. The molecule has 9 heteroatoms. The van der Waals surface area contributed by atoms with Gasteiger partial charge in [-0.1, -0.05) is 6.07 Å². The fraction of sp³-hybridized carbons (Fsp3) is 0.517. The van der Waals surface area contributed by atoms with Crippen LogP contribution in [-0.4, -0.2) is 61.7 Å². The Morgan fingerprint density at radius 3 is 2.68 bits per heavy atom. The second kappa shape index (κ2) is 10.3. The van der Waals surface area contributed by atoms with Gasteiger partial charge in [-0.25, -0.2) is 9.37 Å². The van der Waals surface area contributed by atoms with E-state index in [1.54, 1.807) is 6.07 Å². The number of anilines is 2. The van der Waals surface area contributed by atoms with E-state index in [-0.39, 0.29) is 11.7 Å². The molecule has 1 aromatic carbocycles. The number of thiophene rings is 1. The molecule has 0 bridgehead atoms. The van der Waals surface area contributed by atoms with Gasteiger partial charge in [-0.2, -0.15) is 0 Å². The average molecular weight is 553 g/mol. The van der Waals surface area contributed by atoms with E-state index >= 15 is 4.39 Å². The third-order valence-corrected chi connectivity index (χ3v) is 10.7. The Hall–Kier alpha value is -2.33. The Labute approximate surface area is 231 Å². The maximum Gasteiger partial charge on any atom is 0.268 e. The molecule has 2 aliphatic heterocycles. The number of carbonyl (C=O) groups excluding carboxylic acids is 1. The van der Waals surface area contributed by atoms with Crippen molar-refractivity contribution in [2.75, 3.05) is 55.7 Å². The number of piperidine rings is 1. The van der Waals surface area contributed by atoms with Crippen molar-refractivity contribution in [1.82, 2.24) is 9.88 Å². The SMILES string of the molecule is O=C(c1cccs1)N(CC1C2CN(Cc3nc4c(s3)CCCC4)CC21)c1ccc(N2CCOCC2)c(F)c1. The summed E-state index contributed by atoms with van der Waals surface area (Å²) in [6, 6.07) is 9.05. The summed E-state index contributed by atoms with van der Waals surface area (Å²) in [4.78, 5) is 27.1. The summed E-state index contributed by atoms with van der Waals surface area (Å²) in [7, 11) is 0. The van der Waals surface area contributed by atoms with Crippen molar-refractivity contribution in [3.8, 4) is 0 Å². The molecule has 4 heterocycles. The minimum Gasteiger partial charge on any atom is -0.378 e. The van der Waals surface area contributed by atoms with Gasteiger partial charge in [-0.05, 0) is 73.1 Å². The van der Waals surface area contributed by atoms with E-state index in [1.165, 1.54) is 46.2 Å². The topological polar surface area (TPSA) is 48.9 Å². The van der Waals surface area contributed by atoms with Crippen LogP contribution >= 0.6 is 22.7 Å². The lowest BCUT2D eigenvalue weighted by Gasteiger charge is -2.30. The molecule has 0 N–H and O–H groups in total. The highest BCUT2D eigenvalue weighted by Gasteiger charge is 2.56. The average Bonchev–Trinajstić information content (AvgIpc) is 3.44. The van der Waals surface area contributed by atoms with Gasteiger partial charge in [0.1, 0.15) is 10.8 Å². The first-order valence-electron chi connectivity index (χ1n) is 13.8. The summed E-state index contributed by atoms with van der Waals surface area (Å²) in [5, 5.41) is 3.19. The van der Waals surface area contributed by atoms with E-state index in [0.717, 1.165) is 26.1 Å². The summed E-state index contributed by atoms with van der Waals surface area (Å²) < 4.78 is 20.7. The number of aryl methyl sites for hydroxylation is 2. The molecule has 6 nitrogen and oxygen atoms in total. The molecule has 3 aromatic rings. The largest absolute Gasteiger partial charge is 0.378 e. The van der Waals surface area contributed by atoms with Crippen LogP contribution in [0.1, 0.15) is 38.1 Å². The number of carbonyl (C=O) groups is 1. The quantitative estimate of drug-likeness (QED) is 0.409. The predicted molar refractivity (Wildman–Crippen MR) is 150 cm³/mol. The normalized spacial score (nSPS) is 24.8. The number of ether oxygens (including phenoxy) is 1. The summed E-state index contributed by atoms with van der Waals surface area (Å²) >= 11 is 3.36. The monoisotopic (exact) mass is 552 g/mol. The standard InChI is InChI=1S/C29H33FN4O2S2/c30-23-14-19(7-8-25(23)33-9-11-36-12-10-33)34(29(35)27-6-3-13-37-27)17-22-20-15-32(16-21(20)22)18-28-31-24-4-1-2-5-26(24)38-28/h3,6-8,13-14,20-22H,1-2,4-5,9-12,15-18H2. The number of benzene rings is 1. The summed E-state index contributed by atoms with van der Waals surface area (Å²) in [6.45, 7) is 6.29. The molecular formula is C29H33FN4O2S2. The third kappa shape index (κ3) is 4.78. The third-order valence-electron chi connectivity index (χ3n) is 8.66. The highest BCUT2D eigenvalue weighted by molar-refractivity contribution is 7.12. The summed E-state index contributed by atoms with van der Waals surface area (Å²) in [6.07, 6.45) is 4.90. The molecule has 0 radical (unpaired) electrons. The number of fused-ring (bicyclic) bond motifs is 2. The zero-order chi connectivity index (χ0) is 25.6. The first kappa shape index (κ1) is 24.7. The molecule has 38 heavy (non-hydrogen) atoms. The van der Waals surface area contributed by atoms with Crippen molar-refractivity contribution in [2.24, 2.45) is 17.8 Å². The van der Waals surface area contributed by atoms with Crippen molar-refractivity contribution < 1.29 is 13.9 Å². The minimum atomic E-state index is -0.276. The number of thiazole rings is 1. The lowest BCUT2D eigenvalue weighted by molar-refractivity contribution is 0.0988. The van der Waals surface area contributed by atoms with Crippen LogP contribution in [0, 0.1) is 23.6 Å². The van der Waals surface area contributed by atoms with E-state index in [0.29, 0.717) is 66.9 Å². The van der Waals surface area contributed by atoms with E-state index in [9.17, 15) is 4.79 Å². The number of morpholine rings is 1. The Bertz CT molecular complexity index is 1270. The van der Waals surface area contributed by atoms with E-state index in [4.69, 9.17) is 9.72 Å². The highest BCUT2D eigenvalue weighted by Crippen LogP contribution is 2.53. The molecule has 1 amide bonds. The molecule has 7 rings (SSSR count). The Balaban J connectivity index is 1.04. The molecule has 3 fully saturated rings. The van der Waals surface area contributed by atoms with Crippen LogP contribution in [0.15, 0.2) is 35.7 Å². The number of aromatic nitrogens is 1. The van der Waals surface area contributed by atoms with Gasteiger partial charge in [0.05, 0.1) is 36.0 Å². The number of halogens is 1. The van der Waals surface area contributed by atoms with Gasteiger partial charge >= 0.3 is 0 Å². The van der Waals surface area contributed by atoms with Crippen LogP contribution in [-0.2, 0) is 24.1 Å². The number of hydrogen-bond acceptors (Lipinski definition) is 7. The van der Waals surface area contributed by atoms with E-state index < -0.39 is 0 Å².